The highest BCUT2D eigenvalue weighted by molar-refractivity contribution is 7.90. The van der Waals surface area contributed by atoms with Crippen molar-refractivity contribution in [1.29, 1.82) is 0 Å². The van der Waals surface area contributed by atoms with Crippen LogP contribution in [0.4, 0.5) is 0 Å². The molecule has 0 saturated carbocycles. The molecule has 6 nitrogen and oxygen atoms in total. The zero-order chi connectivity index (χ0) is 26.3. The van der Waals surface area contributed by atoms with Gasteiger partial charge in [-0.2, -0.15) is 0 Å². The van der Waals surface area contributed by atoms with E-state index in [1.165, 1.54) is 44.2 Å². The Labute approximate surface area is 223 Å². The van der Waals surface area contributed by atoms with Gasteiger partial charge in [0.1, 0.15) is 0 Å². The number of hydrogen-bond donors (Lipinski definition) is 1. The van der Waals surface area contributed by atoms with Crippen LogP contribution in [0.1, 0.15) is 75.0 Å². The Bertz CT molecular complexity index is 1090. The highest BCUT2D eigenvalue weighted by atomic mass is 32.2. The molecule has 1 amide bonds. The lowest BCUT2D eigenvalue weighted by atomic mass is 9.94. The molecule has 0 radical (unpaired) electrons. The van der Waals surface area contributed by atoms with Gasteiger partial charge in [0, 0.05) is 31.4 Å². The summed E-state index contributed by atoms with van der Waals surface area (Å²) in [5, 5.41) is 3.28. The molecule has 0 aliphatic carbocycles. The van der Waals surface area contributed by atoms with Crippen molar-refractivity contribution in [1.82, 2.24) is 15.1 Å². The second-order valence-electron chi connectivity index (χ2n) is 10.7. The predicted molar refractivity (Wildman–Crippen MR) is 149 cm³/mol. The Balaban J connectivity index is 1.27. The van der Waals surface area contributed by atoms with Gasteiger partial charge in [-0.15, -0.1) is 0 Å². The molecule has 7 heteroatoms. The van der Waals surface area contributed by atoms with Crippen LogP contribution >= 0.6 is 0 Å². The summed E-state index contributed by atoms with van der Waals surface area (Å²) in [6.45, 7) is 7.49. The van der Waals surface area contributed by atoms with Crippen molar-refractivity contribution in [2.45, 2.75) is 74.8 Å². The van der Waals surface area contributed by atoms with Gasteiger partial charge in [0.15, 0.2) is 9.84 Å². The third-order valence-corrected chi connectivity index (χ3v) is 9.23. The number of hydrogen-bond acceptors (Lipinski definition) is 5. The van der Waals surface area contributed by atoms with Crippen LogP contribution in [0.15, 0.2) is 59.5 Å². The minimum absolute atomic E-state index is 0.0438. The van der Waals surface area contributed by atoms with E-state index in [-0.39, 0.29) is 22.8 Å². The molecule has 2 unspecified atom stereocenters. The number of nitrogens with one attached hydrogen (secondary N) is 1. The zero-order valence-corrected chi connectivity index (χ0v) is 23.3. The second-order valence-corrected chi connectivity index (χ2v) is 12.8. The quantitative estimate of drug-likeness (QED) is 0.483. The number of carbonyl (C=O) groups is 1. The molecule has 0 spiro atoms. The molecule has 4 rings (SSSR count). The number of carbonyl (C=O) groups excluding carboxylic acids is 1. The van der Waals surface area contributed by atoms with Crippen molar-refractivity contribution in [2.75, 3.05) is 39.0 Å². The minimum atomic E-state index is -3.24. The fraction of sp³-hybridized carbons (Fsp3) is 0.567. The van der Waals surface area contributed by atoms with Gasteiger partial charge in [0.2, 0.25) is 5.91 Å². The van der Waals surface area contributed by atoms with Gasteiger partial charge in [-0.3, -0.25) is 9.69 Å². The van der Waals surface area contributed by atoms with Gasteiger partial charge < -0.3 is 10.2 Å². The van der Waals surface area contributed by atoms with Crippen LogP contribution in [0.2, 0.25) is 0 Å². The van der Waals surface area contributed by atoms with E-state index >= 15 is 0 Å². The summed E-state index contributed by atoms with van der Waals surface area (Å²) < 4.78 is 23.5. The molecule has 2 fully saturated rings. The van der Waals surface area contributed by atoms with Gasteiger partial charge in [-0.25, -0.2) is 8.42 Å². The molecule has 0 bridgehead atoms. The molecule has 2 heterocycles. The lowest BCUT2D eigenvalue weighted by Crippen LogP contribution is -2.46. The normalized spacial score (nSPS) is 19.8. The second kappa shape index (κ2) is 13.0. The van der Waals surface area contributed by atoms with Crippen LogP contribution in [-0.4, -0.2) is 69.1 Å². The summed E-state index contributed by atoms with van der Waals surface area (Å²) >= 11 is 0. The lowest BCUT2D eigenvalue weighted by molar-refractivity contribution is -0.123. The van der Waals surface area contributed by atoms with Crippen molar-refractivity contribution in [3.05, 3.63) is 65.7 Å². The highest BCUT2D eigenvalue weighted by Crippen LogP contribution is 2.28. The maximum Gasteiger partial charge on any atom is 0.227 e. The number of benzene rings is 2. The fourth-order valence-corrected chi connectivity index (χ4v) is 6.52. The minimum Gasteiger partial charge on any atom is -0.353 e. The molecular formula is C30H43N3O3S. The Morgan fingerprint density at radius 2 is 1.57 bits per heavy atom. The van der Waals surface area contributed by atoms with E-state index in [1.54, 1.807) is 24.3 Å². The summed E-state index contributed by atoms with van der Waals surface area (Å²) in [5.74, 6) is -0.217. The standard InChI is InChI=1S/C30H43N3O3S/c1-3-28(24-12-14-27(15-13-24)37(2,35)36)30(34)31-26-16-21-32(22-17-26)23-18-29(25-10-6-4-7-11-25)33-19-8-5-9-20-33/h4,6-7,10-15,26,28-29H,3,5,8-9,16-23H2,1-2H3,(H,31,34). The molecule has 0 aromatic heterocycles. The third kappa shape index (κ3) is 7.65. The first-order valence-corrected chi connectivity index (χ1v) is 15.9. The first-order valence-electron chi connectivity index (χ1n) is 14.0. The summed E-state index contributed by atoms with van der Waals surface area (Å²) in [4.78, 5) is 18.6. The van der Waals surface area contributed by atoms with Crippen molar-refractivity contribution >= 4 is 15.7 Å². The molecule has 1 N–H and O–H groups in total. The number of amides is 1. The molecule has 2 aliphatic rings. The van der Waals surface area contributed by atoms with E-state index < -0.39 is 9.84 Å². The topological polar surface area (TPSA) is 69.7 Å². The average Bonchev–Trinajstić information content (AvgIpc) is 2.91. The van der Waals surface area contributed by atoms with Crippen molar-refractivity contribution in [3.8, 4) is 0 Å². The van der Waals surface area contributed by atoms with Gasteiger partial charge in [0.05, 0.1) is 10.8 Å². The SMILES string of the molecule is CCC(C(=O)NC1CCN(CCC(c2ccccc2)N2CCCCC2)CC1)c1ccc(S(C)(=O)=O)cc1. The average molecular weight is 526 g/mol. The Morgan fingerprint density at radius 3 is 2.16 bits per heavy atom. The molecule has 2 saturated heterocycles. The zero-order valence-electron chi connectivity index (χ0n) is 22.4. The first kappa shape index (κ1) is 27.8. The highest BCUT2D eigenvalue weighted by Gasteiger charge is 2.27. The third-order valence-electron chi connectivity index (χ3n) is 8.10. The predicted octanol–water partition coefficient (Wildman–Crippen LogP) is 4.78. The fourth-order valence-electron chi connectivity index (χ4n) is 5.89. The molecule has 202 valence electrons. The van der Waals surface area contributed by atoms with Crippen molar-refractivity contribution in [2.24, 2.45) is 0 Å². The largest absolute Gasteiger partial charge is 0.353 e. The Morgan fingerprint density at radius 1 is 0.919 bits per heavy atom. The van der Waals surface area contributed by atoms with Crippen LogP contribution in [0.5, 0.6) is 0 Å². The van der Waals surface area contributed by atoms with Gasteiger partial charge in [-0.05, 0) is 81.4 Å². The maximum absolute atomic E-state index is 13.1. The van der Waals surface area contributed by atoms with Crippen LogP contribution in [-0.2, 0) is 14.6 Å². The number of rotatable bonds is 10. The molecule has 2 aromatic carbocycles. The summed E-state index contributed by atoms with van der Waals surface area (Å²) in [7, 11) is -3.24. The van der Waals surface area contributed by atoms with E-state index in [1.807, 2.05) is 6.92 Å². The van der Waals surface area contributed by atoms with E-state index in [0.29, 0.717) is 12.5 Å². The van der Waals surface area contributed by atoms with Gasteiger partial charge >= 0.3 is 0 Å². The van der Waals surface area contributed by atoms with Crippen molar-refractivity contribution in [3.63, 3.8) is 0 Å². The molecule has 37 heavy (non-hydrogen) atoms. The monoisotopic (exact) mass is 525 g/mol. The van der Waals surface area contributed by atoms with Crippen LogP contribution in [0.25, 0.3) is 0 Å². The van der Waals surface area contributed by atoms with Crippen LogP contribution in [0, 0.1) is 0 Å². The molecule has 2 atom stereocenters. The van der Waals surface area contributed by atoms with Crippen molar-refractivity contribution < 1.29 is 13.2 Å². The van der Waals surface area contributed by atoms with E-state index in [2.05, 4.69) is 45.4 Å². The van der Waals surface area contributed by atoms with E-state index in [4.69, 9.17) is 0 Å². The Hall–Kier alpha value is -2.22. The smallest absolute Gasteiger partial charge is 0.227 e. The van der Waals surface area contributed by atoms with Gasteiger partial charge in [0.25, 0.3) is 0 Å². The molecule has 2 aliphatic heterocycles. The van der Waals surface area contributed by atoms with Gasteiger partial charge in [-0.1, -0.05) is 55.8 Å². The van der Waals surface area contributed by atoms with E-state index in [9.17, 15) is 13.2 Å². The Kier molecular flexibility index (Phi) is 9.79. The maximum atomic E-state index is 13.1. The summed E-state index contributed by atoms with van der Waals surface area (Å²) in [5.41, 5.74) is 2.30. The summed E-state index contributed by atoms with van der Waals surface area (Å²) in [6.07, 6.45) is 8.91. The number of piperidine rings is 2. The number of sulfone groups is 1. The van der Waals surface area contributed by atoms with Crippen LogP contribution < -0.4 is 5.32 Å². The van der Waals surface area contributed by atoms with E-state index in [0.717, 1.165) is 44.5 Å². The molecular weight excluding hydrogens is 482 g/mol. The molecule has 2 aromatic rings. The lowest BCUT2D eigenvalue weighted by Gasteiger charge is -2.38. The number of likely N-dealkylation sites (tertiary alicyclic amines) is 2. The first-order chi connectivity index (χ1) is 17.8. The van der Waals surface area contributed by atoms with Crippen LogP contribution in [0.3, 0.4) is 0 Å². The summed E-state index contributed by atoms with van der Waals surface area (Å²) in [6, 6.07) is 18.4. The number of nitrogens with zero attached hydrogens (tertiary/aromatic N) is 2.